The predicted octanol–water partition coefficient (Wildman–Crippen LogP) is 5.27. The summed E-state index contributed by atoms with van der Waals surface area (Å²) in [6.45, 7) is 0. The Balaban J connectivity index is 1.68. The second-order valence-corrected chi connectivity index (χ2v) is 10.1. The van der Waals surface area contributed by atoms with Gasteiger partial charge in [-0.05, 0) is 0 Å². The number of carbonyl (C=O) groups excluding carboxylic acids is 1. The van der Waals surface area contributed by atoms with Gasteiger partial charge in [0.05, 0.1) is 0 Å². The summed E-state index contributed by atoms with van der Waals surface area (Å²) < 4.78 is 0.717. The summed E-state index contributed by atoms with van der Waals surface area (Å²) in [7, 11) is 0. The molecular formula is C30H19N3OSe. The second kappa shape index (κ2) is 8.52. The summed E-state index contributed by atoms with van der Waals surface area (Å²) in [5.41, 5.74) is 5.70. The molecule has 0 N–H and O–H groups in total. The van der Waals surface area contributed by atoms with Crippen LogP contribution in [0.4, 0.5) is 0 Å². The number of hydrogen-bond acceptors (Lipinski definition) is 4. The number of hydrogen-bond donors (Lipinski definition) is 0. The Labute approximate surface area is 210 Å². The number of allylic oxidation sites excluding steroid dienone is 5. The number of carbonyl (C=O) groups is 1. The van der Waals surface area contributed by atoms with E-state index in [-0.39, 0.29) is 5.78 Å². The van der Waals surface area contributed by atoms with E-state index in [1.807, 2.05) is 54.6 Å². The minimum absolute atomic E-state index is 0.111. The molecule has 0 spiro atoms. The first-order chi connectivity index (χ1) is 17.2. The molecule has 1 atom stereocenters. The summed E-state index contributed by atoms with van der Waals surface area (Å²) in [5.74, 6) is -0.111. The minimum atomic E-state index is -0.886. The number of fused-ring (bicyclic) bond motifs is 3. The number of rotatable bonds is 4. The Morgan fingerprint density at radius 3 is 2.06 bits per heavy atom. The third-order valence-electron chi connectivity index (χ3n) is 6.31. The molecule has 35 heavy (non-hydrogen) atoms. The van der Waals surface area contributed by atoms with Gasteiger partial charge in [0.1, 0.15) is 0 Å². The molecule has 3 aliphatic rings. The van der Waals surface area contributed by atoms with E-state index in [2.05, 4.69) is 58.4 Å². The van der Waals surface area contributed by atoms with Crippen molar-refractivity contribution in [3.8, 4) is 4.97 Å². The van der Waals surface area contributed by atoms with Crippen LogP contribution in [0.2, 0.25) is 0 Å². The van der Waals surface area contributed by atoms with Crippen LogP contribution in [0.5, 0.6) is 0 Å². The van der Waals surface area contributed by atoms with Crippen LogP contribution >= 0.6 is 0 Å². The zero-order valence-electron chi connectivity index (χ0n) is 18.6. The molecule has 0 radical (unpaired) electrons. The van der Waals surface area contributed by atoms with Crippen molar-refractivity contribution in [3.63, 3.8) is 0 Å². The van der Waals surface area contributed by atoms with Crippen molar-refractivity contribution < 1.29 is 4.79 Å². The molecule has 3 aromatic rings. The van der Waals surface area contributed by atoms with Crippen molar-refractivity contribution in [3.05, 3.63) is 142 Å². The molecular weight excluding hydrogens is 497 g/mol. The standard InChI is InChI=1S/C30H19N3OSe/c31-20-35-28-18-25(34)17-27-29(28)32-30(24-14-8-3-9-15-24)19-23(21-10-4-1-5-11-21)16-26(33(27)30)22-12-6-2-7-13-22/h1-19H. The molecule has 0 saturated heterocycles. The van der Waals surface area contributed by atoms with Gasteiger partial charge in [0.15, 0.2) is 0 Å². The number of aliphatic imine (C=N–C) groups is 1. The van der Waals surface area contributed by atoms with Crippen LogP contribution in [0.25, 0.3) is 11.3 Å². The van der Waals surface area contributed by atoms with Gasteiger partial charge in [0, 0.05) is 0 Å². The molecule has 0 amide bonds. The fraction of sp³-hybridized carbons (Fsp3) is 0.0333. The van der Waals surface area contributed by atoms with Crippen LogP contribution in [0.1, 0.15) is 16.7 Å². The van der Waals surface area contributed by atoms with E-state index >= 15 is 0 Å². The van der Waals surface area contributed by atoms with Crippen LogP contribution in [0, 0.1) is 10.2 Å². The van der Waals surface area contributed by atoms with E-state index in [9.17, 15) is 10.1 Å². The Bertz CT molecular complexity index is 1530. The zero-order chi connectivity index (χ0) is 23.8. The van der Waals surface area contributed by atoms with Crippen LogP contribution < -0.4 is 0 Å². The van der Waals surface area contributed by atoms with E-state index in [1.165, 1.54) is 0 Å². The zero-order valence-corrected chi connectivity index (χ0v) is 20.3. The molecule has 1 aliphatic carbocycles. The Hall–Kier alpha value is -4.23. The quantitative estimate of drug-likeness (QED) is 0.351. The molecule has 0 saturated carbocycles. The SMILES string of the molecule is N#C[Se]C1=CC(=O)C=C2C1=NC1(c3ccccc3)C=C(c3ccccc3)C=C(c3ccccc3)N21. The van der Waals surface area contributed by atoms with Gasteiger partial charge in [-0.15, -0.1) is 0 Å². The molecule has 2 aliphatic heterocycles. The molecule has 0 aromatic heterocycles. The first-order valence-electron chi connectivity index (χ1n) is 11.2. The fourth-order valence-corrected chi connectivity index (χ4v) is 5.93. The monoisotopic (exact) mass is 517 g/mol. The van der Waals surface area contributed by atoms with Gasteiger partial charge in [-0.25, -0.2) is 0 Å². The Morgan fingerprint density at radius 2 is 1.40 bits per heavy atom. The van der Waals surface area contributed by atoms with Gasteiger partial charge in [-0.1, -0.05) is 0 Å². The van der Waals surface area contributed by atoms with Crippen LogP contribution in [-0.2, 0) is 10.5 Å². The third kappa shape index (κ3) is 3.52. The van der Waals surface area contributed by atoms with E-state index in [0.717, 1.165) is 39.4 Å². The Morgan fingerprint density at radius 1 is 0.771 bits per heavy atom. The van der Waals surface area contributed by atoms with Gasteiger partial charge < -0.3 is 0 Å². The second-order valence-electron chi connectivity index (χ2n) is 8.38. The van der Waals surface area contributed by atoms with Crippen molar-refractivity contribution in [2.45, 2.75) is 5.66 Å². The van der Waals surface area contributed by atoms with Crippen LogP contribution in [0.3, 0.4) is 0 Å². The molecule has 5 heteroatoms. The topological polar surface area (TPSA) is 56.5 Å². The molecule has 4 nitrogen and oxygen atoms in total. The van der Waals surface area contributed by atoms with Gasteiger partial charge >= 0.3 is 210 Å². The number of nitrogens with zero attached hydrogens (tertiary/aromatic N) is 3. The summed E-state index contributed by atoms with van der Waals surface area (Å²) in [6, 6.07) is 30.6. The normalized spacial score (nSPS) is 20.5. The Kier molecular flexibility index (Phi) is 5.19. The fourth-order valence-electron chi connectivity index (χ4n) is 4.84. The van der Waals surface area contributed by atoms with Crippen molar-refractivity contribution in [2.75, 3.05) is 0 Å². The van der Waals surface area contributed by atoms with Gasteiger partial charge in [0.25, 0.3) is 0 Å². The predicted molar refractivity (Wildman–Crippen MR) is 139 cm³/mol. The first-order valence-corrected chi connectivity index (χ1v) is 13.0. The molecule has 1 unspecified atom stereocenters. The molecule has 6 rings (SSSR count). The molecule has 3 aromatic carbocycles. The maximum atomic E-state index is 12.8. The third-order valence-corrected chi connectivity index (χ3v) is 7.62. The van der Waals surface area contributed by atoms with Gasteiger partial charge in [-0.2, -0.15) is 0 Å². The molecule has 2 heterocycles. The average molecular weight is 516 g/mol. The van der Waals surface area contributed by atoms with E-state index in [4.69, 9.17) is 4.99 Å². The number of nitriles is 1. The van der Waals surface area contributed by atoms with Crippen molar-refractivity contribution in [1.29, 1.82) is 5.26 Å². The summed E-state index contributed by atoms with van der Waals surface area (Å²) in [5, 5.41) is 9.50. The molecule has 0 bridgehead atoms. The van der Waals surface area contributed by atoms with Gasteiger partial charge in [-0.3, -0.25) is 0 Å². The molecule has 166 valence electrons. The van der Waals surface area contributed by atoms with Crippen molar-refractivity contribution >= 4 is 37.7 Å². The van der Waals surface area contributed by atoms with E-state index in [1.54, 1.807) is 12.2 Å². The van der Waals surface area contributed by atoms with Crippen LogP contribution in [0.15, 0.2) is 130 Å². The number of ketones is 1. The molecule has 0 fully saturated rings. The summed E-state index contributed by atoms with van der Waals surface area (Å²) in [6.07, 6.45) is 7.57. The first kappa shape index (κ1) is 21.3. The van der Waals surface area contributed by atoms with E-state index < -0.39 is 20.6 Å². The van der Waals surface area contributed by atoms with Crippen molar-refractivity contribution in [1.82, 2.24) is 4.90 Å². The maximum absolute atomic E-state index is 12.8. The number of benzene rings is 3. The van der Waals surface area contributed by atoms with Gasteiger partial charge in [0.2, 0.25) is 0 Å². The van der Waals surface area contributed by atoms with E-state index in [0.29, 0.717) is 4.47 Å². The van der Waals surface area contributed by atoms with Crippen molar-refractivity contribution in [2.24, 2.45) is 4.99 Å². The average Bonchev–Trinajstić information content (AvgIpc) is 3.25. The van der Waals surface area contributed by atoms with Crippen LogP contribution in [-0.4, -0.2) is 31.4 Å². The summed E-state index contributed by atoms with van der Waals surface area (Å²) in [4.78, 5) is 22.5. The summed E-state index contributed by atoms with van der Waals surface area (Å²) >= 11 is -0.511.